The summed E-state index contributed by atoms with van der Waals surface area (Å²) < 4.78 is 0. The largest absolute Gasteiger partial charge is 0.396 e. The van der Waals surface area contributed by atoms with Gasteiger partial charge in [-0.15, -0.1) is 0 Å². The van der Waals surface area contributed by atoms with Crippen molar-refractivity contribution >= 4 is 17.3 Å². The Balaban J connectivity index is 2.24. The predicted molar refractivity (Wildman–Crippen MR) is 62.2 cm³/mol. The summed E-state index contributed by atoms with van der Waals surface area (Å²) in [5.41, 5.74) is 1.54. The molecule has 1 aromatic rings. The van der Waals surface area contributed by atoms with Crippen LogP contribution in [-0.2, 0) is 4.79 Å². The Labute approximate surface area is 94.2 Å². The van der Waals surface area contributed by atoms with E-state index in [2.05, 4.69) is 5.10 Å². The fourth-order valence-corrected chi connectivity index (χ4v) is 1.82. The molecule has 1 atom stereocenters. The van der Waals surface area contributed by atoms with Crippen molar-refractivity contribution in [3.8, 4) is 0 Å². The summed E-state index contributed by atoms with van der Waals surface area (Å²) in [6.07, 6.45) is 0.442. The molecule has 0 bridgehead atoms. The fourth-order valence-electron chi connectivity index (χ4n) is 1.82. The molecule has 4 heteroatoms. The lowest BCUT2D eigenvalue weighted by Crippen LogP contribution is -2.27. The van der Waals surface area contributed by atoms with Gasteiger partial charge in [-0.2, -0.15) is 5.10 Å². The first-order valence-electron chi connectivity index (χ1n) is 5.29. The molecule has 1 amide bonds. The molecule has 0 fully saturated rings. The lowest BCUT2D eigenvalue weighted by Gasteiger charge is -2.13. The zero-order valence-electron chi connectivity index (χ0n) is 9.13. The molecule has 1 N–H and O–H groups in total. The third-order valence-corrected chi connectivity index (χ3v) is 2.69. The van der Waals surface area contributed by atoms with Gasteiger partial charge in [-0.1, -0.05) is 18.2 Å². The Hall–Kier alpha value is -1.68. The SMILES string of the molecule is CC1=NN(c2ccccc2)C(=O)[C@@H]1CCO. The van der Waals surface area contributed by atoms with Crippen LogP contribution >= 0.6 is 0 Å². The minimum Gasteiger partial charge on any atom is -0.396 e. The standard InChI is InChI=1S/C12H14N2O2/c1-9-11(7-8-15)12(16)14(13-9)10-5-3-2-4-6-10/h2-6,11,15H,7-8H2,1H3/t11-/m1/s1. The molecular formula is C12H14N2O2. The Morgan fingerprint density at radius 3 is 2.69 bits per heavy atom. The van der Waals surface area contributed by atoms with E-state index in [1.165, 1.54) is 5.01 Å². The van der Waals surface area contributed by atoms with Crippen molar-refractivity contribution in [1.82, 2.24) is 0 Å². The normalized spacial score (nSPS) is 20.1. The van der Waals surface area contributed by atoms with Gasteiger partial charge in [0.05, 0.1) is 11.6 Å². The second kappa shape index (κ2) is 4.45. The second-order valence-electron chi connectivity index (χ2n) is 3.79. The number of carbonyl (C=O) groups excluding carboxylic acids is 1. The molecule has 2 rings (SSSR count). The number of aliphatic hydroxyl groups excluding tert-OH is 1. The number of para-hydroxylation sites is 1. The zero-order valence-corrected chi connectivity index (χ0v) is 9.13. The highest BCUT2D eigenvalue weighted by Gasteiger charge is 2.33. The van der Waals surface area contributed by atoms with E-state index in [9.17, 15) is 4.79 Å². The molecule has 0 saturated heterocycles. The maximum absolute atomic E-state index is 12.0. The highest BCUT2D eigenvalue weighted by atomic mass is 16.3. The van der Waals surface area contributed by atoms with E-state index in [0.29, 0.717) is 6.42 Å². The summed E-state index contributed by atoms with van der Waals surface area (Å²) in [5, 5.41) is 14.5. The molecule has 0 radical (unpaired) electrons. The summed E-state index contributed by atoms with van der Waals surface area (Å²) in [6, 6.07) is 9.32. The van der Waals surface area contributed by atoms with Crippen molar-refractivity contribution in [3.05, 3.63) is 30.3 Å². The van der Waals surface area contributed by atoms with Crippen LogP contribution in [0.25, 0.3) is 0 Å². The average Bonchev–Trinajstić information content (AvgIpc) is 2.59. The lowest BCUT2D eigenvalue weighted by atomic mass is 10.0. The number of anilines is 1. The lowest BCUT2D eigenvalue weighted by molar-refractivity contribution is -0.120. The van der Waals surface area contributed by atoms with Gasteiger partial charge in [0.15, 0.2) is 0 Å². The van der Waals surface area contributed by atoms with Crippen molar-refractivity contribution in [2.24, 2.45) is 11.0 Å². The van der Waals surface area contributed by atoms with Gasteiger partial charge in [0.1, 0.15) is 0 Å². The van der Waals surface area contributed by atoms with Gasteiger partial charge in [-0.3, -0.25) is 4.79 Å². The van der Waals surface area contributed by atoms with Crippen molar-refractivity contribution < 1.29 is 9.90 Å². The Morgan fingerprint density at radius 1 is 1.38 bits per heavy atom. The molecule has 1 aliphatic heterocycles. The Morgan fingerprint density at radius 2 is 2.06 bits per heavy atom. The molecule has 1 heterocycles. The molecule has 0 unspecified atom stereocenters. The topological polar surface area (TPSA) is 52.9 Å². The summed E-state index contributed by atoms with van der Waals surface area (Å²) in [6.45, 7) is 1.83. The van der Waals surface area contributed by atoms with Crippen molar-refractivity contribution in [2.75, 3.05) is 11.6 Å². The first-order chi connectivity index (χ1) is 7.74. The van der Waals surface area contributed by atoms with Crippen LogP contribution in [0, 0.1) is 5.92 Å². The number of rotatable bonds is 3. The molecular weight excluding hydrogens is 204 g/mol. The summed E-state index contributed by atoms with van der Waals surface area (Å²) in [7, 11) is 0. The first-order valence-corrected chi connectivity index (χ1v) is 5.29. The van der Waals surface area contributed by atoms with Gasteiger partial charge in [-0.05, 0) is 25.5 Å². The average molecular weight is 218 g/mol. The summed E-state index contributed by atoms with van der Waals surface area (Å²) in [5.74, 6) is -0.331. The smallest absolute Gasteiger partial charge is 0.256 e. The zero-order chi connectivity index (χ0) is 11.5. The van der Waals surface area contributed by atoms with Gasteiger partial charge in [0, 0.05) is 12.3 Å². The molecule has 4 nitrogen and oxygen atoms in total. The second-order valence-corrected chi connectivity index (χ2v) is 3.79. The van der Waals surface area contributed by atoms with Gasteiger partial charge in [0.25, 0.3) is 5.91 Å². The van der Waals surface area contributed by atoms with Crippen LogP contribution < -0.4 is 5.01 Å². The van der Waals surface area contributed by atoms with Crippen LogP contribution in [-0.4, -0.2) is 23.3 Å². The predicted octanol–water partition coefficient (Wildman–Crippen LogP) is 1.41. The number of hydrogen-bond donors (Lipinski definition) is 1. The molecule has 1 aromatic carbocycles. The van der Waals surface area contributed by atoms with E-state index in [1.807, 2.05) is 37.3 Å². The maximum atomic E-state index is 12.0. The first kappa shape index (κ1) is 10.8. The number of nitrogens with zero attached hydrogens (tertiary/aromatic N) is 2. The third-order valence-electron chi connectivity index (χ3n) is 2.69. The number of hydrazone groups is 1. The van der Waals surface area contributed by atoms with E-state index >= 15 is 0 Å². The van der Waals surface area contributed by atoms with Crippen LogP contribution in [0.4, 0.5) is 5.69 Å². The minimum absolute atomic E-state index is 0.00585. The molecule has 0 aromatic heterocycles. The molecule has 0 aliphatic carbocycles. The molecule has 0 saturated carbocycles. The number of aliphatic hydroxyl groups is 1. The third kappa shape index (κ3) is 1.84. The summed E-state index contributed by atoms with van der Waals surface area (Å²) in [4.78, 5) is 12.0. The quantitative estimate of drug-likeness (QED) is 0.833. The van der Waals surface area contributed by atoms with Crippen LogP contribution in [0.1, 0.15) is 13.3 Å². The van der Waals surface area contributed by atoms with E-state index in [0.717, 1.165) is 11.4 Å². The minimum atomic E-state index is -0.273. The van der Waals surface area contributed by atoms with Crippen molar-refractivity contribution in [3.63, 3.8) is 0 Å². The van der Waals surface area contributed by atoms with Gasteiger partial charge < -0.3 is 5.11 Å². The Bertz CT molecular complexity index is 414. The molecule has 16 heavy (non-hydrogen) atoms. The van der Waals surface area contributed by atoms with E-state index < -0.39 is 0 Å². The fraction of sp³-hybridized carbons (Fsp3) is 0.333. The number of amides is 1. The number of carbonyl (C=O) groups is 1. The van der Waals surface area contributed by atoms with Crippen LogP contribution in [0.3, 0.4) is 0 Å². The van der Waals surface area contributed by atoms with Crippen molar-refractivity contribution in [2.45, 2.75) is 13.3 Å². The van der Waals surface area contributed by atoms with Crippen LogP contribution in [0.5, 0.6) is 0 Å². The monoisotopic (exact) mass is 218 g/mol. The Kier molecular flexibility index (Phi) is 3.01. The van der Waals surface area contributed by atoms with E-state index in [1.54, 1.807) is 0 Å². The van der Waals surface area contributed by atoms with Crippen LogP contribution in [0.15, 0.2) is 35.4 Å². The number of hydrogen-bond acceptors (Lipinski definition) is 3. The van der Waals surface area contributed by atoms with Crippen LogP contribution in [0.2, 0.25) is 0 Å². The van der Waals surface area contributed by atoms with Gasteiger partial charge >= 0.3 is 0 Å². The highest BCUT2D eigenvalue weighted by molar-refractivity contribution is 6.14. The van der Waals surface area contributed by atoms with Crippen molar-refractivity contribution in [1.29, 1.82) is 0 Å². The van der Waals surface area contributed by atoms with E-state index in [4.69, 9.17) is 5.11 Å². The summed E-state index contributed by atoms with van der Waals surface area (Å²) >= 11 is 0. The molecule has 0 spiro atoms. The van der Waals surface area contributed by atoms with E-state index in [-0.39, 0.29) is 18.4 Å². The van der Waals surface area contributed by atoms with Gasteiger partial charge in [-0.25, -0.2) is 5.01 Å². The molecule has 1 aliphatic rings. The number of benzene rings is 1. The molecule has 84 valence electrons. The van der Waals surface area contributed by atoms with Gasteiger partial charge in [0.2, 0.25) is 0 Å². The maximum Gasteiger partial charge on any atom is 0.256 e. The highest BCUT2D eigenvalue weighted by Crippen LogP contribution is 2.24.